The van der Waals surface area contributed by atoms with E-state index >= 15 is 0 Å². The normalized spacial score (nSPS) is 24.3. The van der Waals surface area contributed by atoms with Crippen molar-refractivity contribution in [3.8, 4) is 0 Å². The first-order valence-corrected chi connectivity index (χ1v) is 7.69. The Morgan fingerprint density at radius 1 is 1.07 bits per heavy atom. The molecule has 0 aromatic rings. The van der Waals surface area contributed by atoms with Gasteiger partial charge in [-0.25, -0.2) is 0 Å². The van der Waals surface area contributed by atoms with E-state index < -0.39 is 0 Å². The van der Waals surface area contributed by atoms with Gasteiger partial charge in [0.15, 0.2) is 0 Å². The molecule has 1 aliphatic carbocycles. The Balaban J connectivity index is 2.77. The van der Waals surface area contributed by atoms with Crippen LogP contribution in [0.15, 0.2) is 12.2 Å². The van der Waals surface area contributed by atoms with Crippen LogP contribution in [0.1, 0.15) is 32.1 Å². The number of hydrogen-bond acceptors (Lipinski definition) is 3. The van der Waals surface area contributed by atoms with Gasteiger partial charge in [0.1, 0.15) is 0 Å². The molecule has 1 rings (SSSR count). The average Bonchev–Trinajstić information content (AvgIpc) is 2.23. The zero-order valence-corrected chi connectivity index (χ0v) is 11.9. The van der Waals surface area contributed by atoms with Gasteiger partial charge in [-0.2, -0.15) is 37.9 Å². The maximum atomic E-state index is 4.41. The molecule has 0 saturated heterocycles. The predicted octanol–water partition coefficient (Wildman–Crippen LogP) is 3.90. The number of hydrogen-bond donors (Lipinski definition) is 3. The first-order valence-electron chi connectivity index (χ1n) is 5.79. The Hall–Kier alpha value is 0.790. The molecule has 0 radical (unpaired) electrons. The second-order valence-electron chi connectivity index (χ2n) is 4.37. The van der Waals surface area contributed by atoms with Crippen LogP contribution in [0.2, 0.25) is 0 Å². The minimum atomic E-state index is 0.366. The number of thiol groups is 3. The minimum Gasteiger partial charge on any atom is -0.179 e. The van der Waals surface area contributed by atoms with Crippen molar-refractivity contribution in [1.82, 2.24) is 0 Å². The quantitative estimate of drug-likeness (QED) is 0.469. The largest absolute Gasteiger partial charge is 0.179 e. The van der Waals surface area contributed by atoms with Crippen LogP contribution in [0.5, 0.6) is 0 Å². The van der Waals surface area contributed by atoms with E-state index in [1.807, 2.05) is 0 Å². The molecule has 1 unspecified atom stereocenters. The van der Waals surface area contributed by atoms with E-state index in [2.05, 4.69) is 50.0 Å². The van der Waals surface area contributed by atoms with Gasteiger partial charge >= 0.3 is 0 Å². The molecule has 0 fully saturated rings. The molecule has 1 aliphatic rings. The van der Waals surface area contributed by atoms with Crippen LogP contribution in [0.3, 0.4) is 0 Å². The Bertz CT molecular complexity index is 195. The predicted molar refractivity (Wildman–Crippen MR) is 79.7 cm³/mol. The van der Waals surface area contributed by atoms with Crippen molar-refractivity contribution in [2.24, 2.45) is 11.3 Å². The summed E-state index contributed by atoms with van der Waals surface area (Å²) in [6.07, 6.45) is 10.9. The molecule has 0 aromatic heterocycles. The van der Waals surface area contributed by atoms with Crippen molar-refractivity contribution < 1.29 is 0 Å². The molecule has 0 heterocycles. The summed E-state index contributed by atoms with van der Waals surface area (Å²) in [6.45, 7) is 0. The van der Waals surface area contributed by atoms with E-state index in [1.165, 1.54) is 32.1 Å². The second kappa shape index (κ2) is 7.18. The van der Waals surface area contributed by atoms with Crippen LogP contribution in [-0.4, -0.2) is 17.3 Å². The zero-order valence-electron chi connectivity index (χ0n) is 9.23. The Labute approximate surface area is 111 Å². The van der Waals surface area contributed by atoms with E-state index in [0.29, 0.717) is 5.41 Å². The van der Waals surface area contributed by atoms with Gasteiger partial charge in [-0.05, 0) is 60.7 Å². The van der Waals surface area contributed by atoms with Crippen LogP contribution in [-0.2, 0) is 0 Å². The van der Waals surface area contributed by atoms with Crippen molar-refractivity contribution in [1.29, 1.82) is 0 Å². The highest BCUT2D eigenvalue weighted by atomic mass is 32.1. The molecule has 0 saturated carbocycles. The Kier molecular flexibility index (Phi) is 6.63. The summed E-state index contributed by atoms with van der Waals surface area (Å²) in [5.41, 5.74) is 0.366. The van der Waals surface area contributed by atoms with Crippen molar-refractivity contribution in [2.45, 2.75) is 32.1 Å². The van der Waals surface area contributed by atoms with Gasteiger partial charge < -0.3 is 0 Å². The summed E-state index contributed by atoms with van der Waals surface area (Å²) in [4.78, 5) is 0. The van der Waals surface area contributed by atoms with Crippen molar-refractivity contribution in [3.05, 3.63) is 12.2 Å². The second-order valence-corrected chi connectivity index (χ2v) is 5.71. The van der Waals surface area contributed by atoms with E-state index in [-0.39, 0.29) is 0 Å². The molecular formula is C12H22S3. The van der Waals surface area contributed by atoms with E-state index in [4.69, 9.17) is 0 Å². The van der Waals surface area contributed by atoms with Gasteiger partial charge in [0, 0.05) is 0 Å². The summed E-state index contributed by atoms with van der Waals surface area (Å²) in [5, 5.41) is 0. The fourth-order valence-electron chi connectivity index (χ4n) is 2.74. The highest BCUT2D eigenvalue weighted by Crippen LogP contribution is 2.45. The lowest BCUT2D eigenvalue weighted by Crippen LogP contribution is -2.32. The maximum absolute atomic E-state index is 4.41. The van der Waals surface area contributed by atoms with Crippen molar-refractivity contribution >= 4 is 37.9 Å². The molecule has 0 N–H and O–H groups in total. The standard InChI is InChI=1S/C12H22S3/c13-8-4-11-3-1-2-5-12(11,6-9-14)7-10-15/h2,5,11,13-15H,1,3-4,6-10H2. The molecule has 0 amide bonds. The zero-order chi connectivity index (χ0) is 11.1. The first-order chi connectivity index (χ1) is 7.29. The Morgan fingerprint density at radius 2 is 1.73 bits per heavy atom. The van der Waals surface area contributed by atoms with Crippen molar-refractivity contribution in [3.63, 3.8) is 0 Å². The third-order valence-corrected chi connectivity index (χ3v) is 4.28. The lowest BCUT2D eigenvalue weighted by Gasteiger charge is -2.41. The van der Waals surface area contributed by atoms with E-state index in [1.54, 1.807) is 0 Å². The smallest absolute Gasteiger partial charge is 0.00741 e. The SMILES string of the molecule is SCCC1CCC=CC1(CCS)CCS. The van der Waals surface area contributed by atoms with E-state index in [0.717, 1.165) is 23.2 Å². The molecule has 0 bridgehead atoms. The molecule has 0 nitrogen and oxygen atoms in total. The fraction of sp³-hybridized carbons (Fsp3) is 0.833. The molecule has 0 spiro atoms. The summed E-state index contributed by atoms with van der Waals surface area (Å²) in [6, 6.07) is 0. The van der Waals surface area contributed by atoms with Crippen LogP contribution >= 0.6 is 37.9 Å². The molecule has 0 aliphatic heterocycles. The summed E-state index contributed by atoms with van der Waals surface area (Å²) < 4.78 is 0. The van der Waals surface area contributed by atoms with Crippen LogP contribution < -0.4 is 0 Å². The lowest BCUT2D eigenvalue weighted by atomic mass is 9.66. The van der Waals surface area contributed by atoms with Crippen LogP contribution in [0, 0.1) is 11.3 Å². The van der Waals surface area contributed by atoms with Gasteiger partial charge in [0.05, 0.1) is 0 Å². The van der Waals surface area contributed by atoms with Gasteiger partial charge in [-0.15, -0.1) is 0 Å². The van der Waals surface area contributed by atoms with Gasteiger partial charge in [-0.1, -0.05) is 12.2 Å². The molecular weight excluding hydrogens is 240 g/mol. The van der Waals surface area contributed by atoms with Crippen LogP contribution in [0.4, 0.5) is 0 Å². The fourth-order valence-corrected chi connectivity index (χ4v) is 3.89. The van der Waals surface area contributed by atoms with Crippen LogP contribution in [0.25, 0.3) is 0 Å². The monoisotopic (exact) mass is 262 g/mol. The highest BCUT2D eigenvalue weighted by molar-refractivity contribution is 7.80. The topological polar surface area (TPSA) is 0 Å². The number of allylic oxidation sites excluding steroid dienone is 2. The van der Waals surface area contributed by atoms with Crippen molar-refractivity contribution in [2.75, 3.05) is 17.3 Å². The maximum Gasteiger partial charge on any atom is -0.00741 e. The molecule has 0 aromatic carbocycles. The van der Waals surface area contributed by atoms with Gasteiger partial charge in [0.2, 0.25) is 0 Å². The van der Waals surface area contributed by atoms with E-state index in [9.17, 15) is 0 Å². The summed E-state index contributed by atoms with van der Waals surface area (Å²) >= 11 is 13.2. The average molecular weight is 263 g/mol. The van der Waals surface area contributed by atoms with Gasteiger partial charge in [-0.3, -0.25) is 0 Å². The highest BCUT2D eigenvalue weighted by Gasteiger charge is 2.35. The Morgan fingerprint density at radius 3 is 2.27 bits per heavy atom. The first kappa shape index (κ1) is 13.9. The minimum absolute atomic E-state index is 0.366. The lowest BCUT2D eigenvalue weighted by molar-refractivity contribution is 0.186. The third-order valence-electron chi connectivity index (χ3n) is 3.58. The molecule has 1 atom stereocenters. The summed E-state index contributed by atoms with van der Waals surface area (Å²) in [7, 11) is 0. The third kappa shape index (κ3) is 3.64. The number of rotatable bonds is 6. The molecule has 15 heavy (non-hydrogen) atoms. The molecule has 3 heteroatoms. The molecule has 88 valence electrons. The van der Waals surface area contributed by atoms with Gasteiger partial charge in [0.25, 0.3) is 0 Å². The summed E-state index contributed by atoms with van der Waals surface area (Å²) in [5.74, 6) is 3.74.